The Kier molecular flexibility index (Phi) is 7.89. The highest BCUT2D eigenvalue weighted by atomic mass is 16.6. The zero-order chi connectivity index (χ0) is 20.4. The average molecular weight is 387 g/mol. The number of nitrogens with one attached hydrogen (secondary N) is 3. The van der Waals surface area contributed by atoms with Gasteiger partial charge in [0.1, 0.15) is 5.69 Å². The molecule has 9 heteroatoms. The van der Waals surface area contributed by atoms with Crippen LogP contribution in [0.4, 0.5) is 17.1 Å². The third-order valence-corrected chi connectivity index (χ3v) is 3.78. The van der Waals surface area contributed by atoms with E-state index in [2.05, 4.69) is 20.9 Å². The number of aliphatic imine (C=N–C) groups is 1. The van der Waals surface area contributed by atoms with E-state index in [1.807, 2.05) is 25.1 Å². The number of nitrogens with zero attached hydrogens (tertiary/aromatic N) is 2. The van der Waals surface area contributed by atoms with Crippen LogP contribution in [-0.4, -0.2) is 44.7 Å². The van der Waals surface area contributed by atoms with E-state index in [-0.39, 0.29) is 5.69 Å². The number of para-hydroxylation sites is 2. The molecule has 0 fully saturated rings. The number of benzene rings is 2. The number of rotatable bonds is 9. The molecule has 0 bridgehead atoms. The van der Waals surface area contributed by atoms with Crippen LogP contribution in [-0.2, 0) is 0 Å². The van der Waals surface area contributed by atoms with Gasteiger partial charge in [0.15, 0.2) is 17.5 Å². The van der Waals surface area contributed by atoms with Crippen LogP contribution in [0.15, 0.2) is 47.5 Å². The Hall–Kier alpha value is -3.49. The Balaban J connectivity index is 1.90. The predicted molar refractivity (Wildman–Crippen MR) is 111 cm³/mol. The Labute approximate surface area is 163 Å². The average Bonchev–Trinajstić information content (AvgIpc) is 2.71. The lowest BCUT2D eigenvalue weighted by atomic mass is 10.2. The molecule has 0 spiro atoms. The molecule has 0 amide bonds. The number of nitro groups is 1. The third-order valence-electron chi connectivity index (χ3n) is 3.78. The molecule has 9 nitrogen and oxygen atoms in total. The van der Waals surface area contributed by atoms with Crippen LogP contribution in [0.2, 0.25) is 0 Å². The van der Waals surface area contributed by atoms with Crippen LogP contribution in [0.5, 0.6) is 11.5 Å². The van der Waals surface area contributed by atoms with Crippen LogP contribution in [0.25, 0.3) is 0 Å². The van der Waals surface area contributed by atoms with Gasteiger partial charge in [0, 0.05) is 38.0 Å². The zero-order valence-corrected chi connectivity index (χ0v) is 16.2. The molecule has 0 aliphatic carbocycles. The molecule has 0 aromatic heterocycles. The maximum absolute atomic E-state index is 11.0. The summed E-state index contributed by atoms with van der Waals surface area (Å²) in [5.74, 6) is 1.87. The van der Waals surface area contributed by atoms with Gasteiger partial charge in [0.25, 0.3) is 5.69 Å². The number of hydrogen-bond donors (Lipinski definition) is 3. The van der Waals surface area contributed by atoms with Gasteiger partial charge >= 0.3 is 0 Å². The number of anilines is 2. The van der Waals surface area contributed by atoms with Crippen molar-refractivity contribution in [1.82, 2.24) is 5.32 Å². The van der Waals surface area contributed by atoms with Crippen LogP contribution < -0.4 is 25.4 Å². The molecule has 28 heavy (non-hydrogen) atoms. The van der Waals surface area contributed by atoms with Gasteiger partial charge in [-0.2, -0.15) is 0 Å². The quantitative estimate of drug-likeness (QED) is 0.199. The predicted octanol–water partition coefficient (Wildman–Crippen LogP) is 3.10. The summed E-state index contributed by atoms with van der Waals surface area (Å²) in [7, 11) is 3.26. The molecule has 0 aliphatic rings. The van der Waals surface area contributed by atoms with Gasteiger partial charge in [-0.15, -0.1) is 0 Å². The highest BCUT2D eigenvalue weighted by Crippen LogP contribution is 2.30. The normalized spacial score (nSPS) is 10.9. The maximum atomic E-state index is 11.0. The molecule has 3 N–H and O–H groups in total. The Morgan fingerprint density at radius 2 is 1.96 bits per heavy atom. The van der Waals surface area contributed by atoms with Crippen molar-refractivity contribution in [1.29, 1.82) is 0 Å². The largest absolute Gasteiger partial charge is 0.493 e. The fourth-order valence-corrected chi connectivity index (χ4v) is 2.50. The van der Waals surface area contributed by atoms with Crippen LogP contribution >= 0.6 is 0 Å². The minimum Gasteiger partial charge on any atom is -0.493 e. The molecular formula is C19H25N5O4. The number of hydrogen-bond acceptors (Lipinski definition) is 6. The topological polar surface area (TPSA) is 110 Å². The second kappa shape index (κ2) is 10.6. The summed E-state index contributed by atoms with van der Waals surface area (Å²) in [4.78, 5) is 14.8. The molecule has 0 atom stereocenters. The molecule has 0 aliphatic heterocycles. The van der Waals surface area contributed by atoms with Gasteiger partial charge in [-0.05, 0) is 25.1 Å². The minimum atomic E-state index is -0.407. The van der Waals surface area contributed by atoms with Crippen molar-refractivity contribution in [2.75, 3.05) is 44.5 Å². The fourth-order valence-electron chi connectivity index (χ4n) is 2.50. The summed E-state index contributed by atoms with van der Waals surface area (Å²) in [5, 5.41) is 20.4. The summed E-state index contributed by atoms with van der Waals surface area (Å²) in [5.41, 5.74) is 1.32. The SMILES string of the molecule is CCOc1cc(NC(=NC)NCCNc2ccccc2[N+](=O)[O-])ccc1OC. The summed E-state index contributed by atoms with van der Waals surface area (Å²) < 4.78 is 10.8. The summed E-state index contributed by atoms with van der Waals surface area (Å²) in [6, 6.07) is 12.0. The van der Waals surface area contributed by atoms with E-state index in [1.54, 1.807) is 32.4 Å². The molecule has 0 heterocycles. The maximum Gasteiger partial charge on any atom is 0.292 e. The molecule has 2 rings (SSSR count). The van der Waals surface area contributed by atoms with Crippen molar-refractivity contribution in [2.45, 2.75) is 6.92 Å². The van der Waals surface area contributed by atoms with Gasteiger partial charge in [-0.1, -0.05) is 12.1 Å². The lowest BCUT2D eigenvalue weighted by molar-refractivity contribution is -0.384. The lowest BCUT2D eigenvalue weighted by Crippen LogP contribution is -2.34. The zero-order valence-electron chi connectivity index (χ0n) is 16.2. The molecule has 150 valence electrons. The highest BCUT2D eigenvalue weighted by Gasteiger charge is 2.11. The van der Waals surface area contributed by atoms with Crippen LogP contribution in [0.3, 0.4) is 0 Å². The number of ether oxygens (including phenoxy) is 2. The number of methoxy groups -OCH3 is 1. The molecule has 0 radical (unpaired) electrons. The van der Waals surface area contributed by atoms with Crippen molar-refractivity contribution in [3.8, 4) is 11.5 Å². The van der Waals surface area contributed by atoms with E-state index in [9.17, 15) is 10.1 Å². The Morgan fingerprint density at radius 3 is 2.64 bits per heavy atom. The molecule has 0 saturated heterocycles. The summed E-state index contributed by atoms with van der Waals surface area (Å²) in [6.45, 7) is 3.44. The van der Waals surface area contributed by atoms with Crippen molar-refractivity contribution in [2.24, 2.45) is 4.99 Å². The van der Waals surface area contributed by atoms with Crippen molar-refractivity contribution in [3.63, 3.8) is 0 Å². The van der Waals surface area contributed by atoms with Gasteiger partial charge in [-0.3, -0.25) is 15.1 Å². The van der Waals surface area contributed by atoms with Crippen molar-refractivity contribution in [3.05, 3.63) is 52.6 Å². The first-order chi connectivity index (χ1) is 13.6. The minimum absolute atomic E-state index is 0.0479. The van der Waals surface area contributed by atoms with E-state index >= 15 is 0 Å². The Morgan fingerprint density at radius 1 is 1.18 bits per heavy atom. The smallest absolute Gasteiger partial charge is 0.292 e. The summed E-state index contributed by atoms with van der Waals surface area (Å²) >= 11 is 0. The lowest BCUT2D eigenvalue weighted by Gasteiger charge is -2.15. The first-order valence-corrected chi connectivity index (χ1v) is 8.84. The number of nitro benzene ring substituents is 1. The number of guanidine groups is 1. The van der Waals surface area contributed by atoms with Gasteiger partial charge in [0.05, 0.1) is 18.6 Å². The van der Waals surface area contributed by atoms with Gasteiger partial charge < -0.3 is 25.4 Å². The van der Waals surface area contributed by atoms with E-state index in [1.165, 1.54) is 6.07 Å². The van der Waals surface area contributed by atoms with E-state index in [4.69, 9.17) is 9.47 Å². The second-order valence-corrected chi connectivity index (χ2v) is 5.62. The van der Waals surface area contributed by atoms with Crippen molar-refractivity contribution >= 4 is 23.0 Å². The highest BCUT2D eigenvalue weighted by molar-refractivity contribution is 5.93. The summed E-state index contributed by atoms with van der Waals surface area (Å²) in [6.07, 6.45) is 0. The van der Waals surface area contributed by atoms with E-state index in [0.29, 0.717) is 42.8 Å². The molecule has 0 unspecified atom stereocenters. The fraction of sp³-hybridized carbons (Fsp3) is 0.316. The standard InChI is InChI=1S/C19H25N5O4/c1-4-28-18-13-14(9-10-17(18)27-3)23-19(20-2)22-12-11-21-15-7-5-6-8-16(15)24(25)26/h5-10,13,21H,4,11-12H2,1-3H3,(H2,20,22,23). The van der Waals surface area contributed by atoms with E-state index in [0.717, 1.165) is 5.69 Å². The van der Waals surface area contributed by atoms with Gasteiger partial charge in [-0.25, -0.2) is 0 Å². The molecule has 2 aromatic rings. The monoisotopic (exact) mass is 387 g/mol. The molecular weight excluding hydrogens is 362 g/mol. The van der Waals surface area contributed by atoms with E-state index < -0.39 is 4.92 Å². The van der Waals surface area contributed by atoms with Crippen molar-refractivity contribution < 1.29 is 14.4 Å². The van der Waals surface area contributed by atoms with Crippen LogP contribution in [0, 0.1) is 10.1 Å². The first-order valence-electron chi connectivity index (χ1n) is 8.84. The first kappa shape index (κ1) is 20.8. The van der Waals surface area contributed by atoms with Crippen LogP contribution in [0.1, 0.15) is 6.92 Å². The Bertz CT molecular complexity index is 826. The third kappa shape index (κ3) is 5.76. The van der Waals surface area contributed by atoms with Gasteiger partial charge in [0.2, 0.25) is 0 Å². The molecule has 2 aromatic carbocycles. The molecule has 0 saturated carbocycles. The second-order valence-electron chi connectivity index (χ2n) is 5.62.